The first-order chi connectivity index (χ1) is 8.22. The smallest absolute Gasteiger partial charge is 0.171 e. The fourth-order valence-electron chi connectivity index (χ4n) is 1.92. The Balaban J connectivity index is 2.02. The standard InChI is InChI=1S/C12H17N5/c1-3-10(2)16-6-8-17(9-7-16)12-11(13)14-4-5-15-12/h3-5H,1-2,6-9H2,(H2,13,14). The van der Waals surface area contributed by atoms with Crippen LogP contribution in [0.5, 0.6) is 0 Å². The van der Waals surface area contributed by atoms with Crippen LogP contribution in [0.3, 0.4) is 0 Å². The molecule has 1 aliphatic heterocycles. The van der Waals surface area contributed by atoms with E-state index < -0.39 is 0 Å². The molecule has 0 saturated carbocycles. The van der Waals surface area contributed by atoms with Gasteiger partial charge in [0.25, 0.3) is 0 Å². The second kappa shape index (κ2) is 4.86. The summed E-state index contributed by atoms with van der Waals surface area (Å²) in [6.45, 7) is 11.2. The minimum absolute atomic E-state index is 0.489. The van der Waals surface area contributed by atoms with Crippen LogP contribution < -0.4 is 10.6 Å². The van der Waals surface area contributed by atoms with Crippen molar-refractivity contribution in [3.63, 3.8) is 0 Å². The topological polar surface area (TPSA) is 58.3 Å². The van der Waals surface area contributed by atoms with Gasteiger partial charge in [0.05, 0.1) is 0 Å². The molecule has 1 fully saturated rings. The third-order valence-corrected chi connectivity index (χ3v) is 2.93. The van der Waals surface area contributed by atoms with Gasteiger partial charge in [0, 0.05) is 44.3 Å². The van der Waals surface area contributed by atoms with E-state index in [4.69, 9.17) is 5.73 Å². The van der Waals surface area contributed by atoms with Crippen molar-refractivity contribution in [1.82, 2.24) is 14.9 Å². The lowest BCUT2D eigenvalue weighted by molar-refractivity contribution is 0.331. The van der Waals surface area contributed by atoms with Crippen LogP contribution in [0.25, 0.3) is 0 Å². The molecule has 0 atom stereocenters. The number of hydrogen-bond acceptors (Lipinski definition) is 5. The van der Waals surface area contributed by atoms with E-state index >= 15 is 0 Å². The van der Waals surface area contributed by atoms with Crippen molar-refractivity contribution in [3.05, 3.63) is 37.3 Å². The zero-order chi connectivity index (χ0) is 12.3. The summed E-state index contributed by atoms with van der Waals surface area (Å²) in [6, 6.07) is 0. The zero-order valence-corrected chi connectivity index (χ0v) is 9.84. The van der Waals surface area contributed by atoms with E-state index in [1.165, 1.54) is 0 Å². The maximum atomic E-state index is 5.81. The average Bonchev–Trinajstić information content (AvgIpc) is 2.39. The van der Waals surface area contributed by atoms with Crippen molar-refractivity contribution in [2.45, 2.75) is 0 Å². The van der Waals surface area contributed by atoms with E-state index in [0.717, 1.165) is 37.7 Å². The maximum Gasteiger partial charge on any atom is 0.171 e. The quantitative estimate of drug-likeness (QED) is 0.783. The third-order valence-electron chi connectivity index (χ3n) is 2.93. The molecule has 2 heterocycles. The van der Waals surface area contributed by atoms with Crippen LogP contribution in [0.2, 0.25) is 0 Å². The molecule has 0 spiro atoms. The molecule has 2 rings (SSSR count). The van der Waals surface area contributed by atoms with Gasteiger partial charge in [-0.3, -0.25) is 0 Å². The third kappa shape index (κ3) is 2.38. The van der Waals surface area contributed by atoms with E-state index in [-0.39, 0.29) is 0 Å². The Labute approximate surface area is 101 Å². The maximum absolute atomic E-state index is 5.81. The number of rotatable bonds is 3. The van der Waals surface area contributed by atoms with Crippen molar-refractivity contribution in [2.75, 3.05) is 36.8 Å². The summed E-state index contributed by atoms with van der Waals surface area (Å²) >= 11 is 0. The van der Waals surface area contributed by atoms with E-state index in [2.05, 4.69) is 32.9 Å². The first-order valence-electron chi connectivity index (χ1n) is 5.60. The van der Waals surface area contributed by atoms with Gasteiger partial charge in [0.15, 0.2) is 11.6 Å². The second-order valence-corrected chi connectivity index (χ2v) is 3.93. The molecule has 0 aliphatic carbocycles. The van der Waals surface area contributed by atoms with Crippen LogP contribution in [0.15, 0.2) is 37.3 Å². The van der Waals surface area contributed by atoms with Crippen LogP contribution in [-0.2, 0) is 0 Å². The summed E-state index contributed by atoms with van der Waals surface area (Å²) in [6.07, 6.45) is 5.06. The van der Waals surface area contributed by atoms with Gasteiger partial charge in [0.1, 0.15) is 0 Å². The minimum Gasteiger partial charge on any atom is -0.381 e. The van der Waals surface area contributed by atoms with Gasteiger partial charge in [-0.25, -0.2) is 9.97 Å². The van der Waals surface area contributed by atoms with Crippen molar-refractivity contribution in [2.24, 2.45) is 0 Å². The largest absolute Gasteiger partial charge is 0.381 e. The lowest BCUT2D eigenvalue weighted by atomic mass is 10.3. The van der Waals surface area contributed by atoms with Crippen LogP contribution >= 0.6 is 0 Å². The number of nitrogens with two attached hydrogens (primary N) is 1. The highest BCUT2D eigenvalue weighted by atomic mass is 15.3. The minimum atomic E-state index is 0.489. The zero-order valence-electron chi connectivity index (χ0n) is 9.84. The number of aromatic nitrogens is 2. The molecule has 0 unspecified atom stereocenters. The van der Waals surface area contributed by atoms with E-state index in [1.54, 1.807) is 18.5 Å². The Morgan fingerprint density at radius 2 is 1.88 bits per heavy atom. The molecule has 1 aromatic rings. The van der Waals surface area contributed by atoms with Gasteiger partial charge in [-0.2, -0.15) is 0 Å². The van der Waals surface area contributed by atoms with Gasteiger partial charge in [-0.1, -0.05) is 13.2 Å². The molecule has 1 aliphatic rings. The molecule has 1 aromatic heterocycles. The normalized spacial score (nSPS) is 15.8. The molecule has 1 saturated heterocycles. The summed E-state index contributed by atoms with van der Waals surface area (Å²) in [5.41, 5.74) is 6.78. The number of hydrogen-bond donors (Lipinski definition) is 1. The summed E-state index contributed by atoms with van der Waals surface area (Å²) in [4.78, 5) is 12.7. The number of nitrogens with zero attached hydrogens (tertiary/aromatic N) is 4. The SMILES string of the molecule is C=CC(=C)N1CCN(c2nccnc2N)CC1. The van der Waals surface area contributed by atoms with Crippen LogP contribution in [-0.4, -0.2) is 41.0 Å². The summed E-state index contributed by atoms with van der Waals surface area (Å²) in [5, 5.41) is 0. The molecular weight excluding hydrogens is 214 g/mol. The van der Waals surface area contributed by atoms with Crippen molar-refractivity contribution in [3.8, 4) is 0 Å². The Hall–Kier alpha value is -2.04. The number of allylic oxidation sites excluding steroid dienone is 1. The van der Waals surface area contributed by atoms with Gasteiger partial charge in [-0.05, 0) is 6.08 Å². The monoisotopic (exact) mass is 231 g/mol. The summed E-state index contributed by atoms with van der Waals surface area (Å²) in [7, 11) is 0. The highest BCUT2D eigenvalue weighted by Crippen LogP contribution is 2.19. The fourth-order valence-corrected chi connectivity index (χ4v) is 1.92. The molecule has 90 valence electrons. The van der Waals surface area contributed by atoms with Crippen LogP contribution in [0, 0.1) is 0 Å². The number of nitrogen functional groups attached to an aromatic ring is 1. The average molecular weight is 231 g/mol. The molecule has 0 bridgehead atoms. The molecule has 5 heteroatoms. The highest BCUT2D eigenvalue weighted by Gasteiger charge is 2.19. The predicted molar refractivity (Wildman–Crippen MR) is 69.6 cm³/mol. The molecule has 0 amide bonds. The number of piperazine rings is 1. The number of anilines is 2. The molecule has 17 heavy (non-hydrogen) atoms. The molecule has 0 radical (unpaired) electrons. The Kier molecular flexibility index (Phi) is 3.27. The Bertz CT molecular complexity index is 421. The highest BCUT2D eigenvalue weighted by molar-refractivity contribution is 5.57. The first kappa shape index (κ1) is 11.4. The first-order valence-corrected chi connectivity index (χ1v) is 5.60. The van der Waals surface area contributed by atoms with E-state index in [1.807, 2.05) is 0 Å². The molecular formula is C12H17N5. The predicted octanol–water partition coefficient (Wildman–Crippen LogP) is 0.880. The summed E-state index contributed by atoms with van der Waals surface area (Å²) in [5.74, 6) is 1.26. The van der Waals surface area contributed by atoms with Crippen molar-refractivity contribution in [1.29, 1.82) is 0 Å². The van der Waals surface area contributed by atoms with Gasteiger partial charge in [0.2, 0.25) is 0 Å². The fraction of sp³-hybridized carbons (Fsp3) is 0.333. The molecule has 5 nitrogen and oxygen atoms in total. The van der Waals surface area contributed by atoms with E-state index in [9.17, 15) is 0 Å². The van der Waals surface area contributed by atoms with Gasteiger partial charge in [-0.15, -0.1) is 0 Å². The van der Waals surface area contributed by atoms with Crippen LogP contribution in [0.4, 0.5) is 11.6 Å². The second-order valence-electron chi connectivity index (χ2n) is 3.93. The lowest BCUT2D eigenvalue weighted by Crippen LogP contribution is -2.46. The van der Waals surface area contributed by atoms with E-state index in [0.29, 0.717) is 5.82 Å². The van der Waals surface area contributed by atoms with Crippen molar-refractivity contribution >= 4 is 11.6 Å². The summed E-state index contributed by atoms with van der Waals surface area (Å²) < 4.78 is 0. The van der Waals surface area contributed by atoms with Crippen molar-refractivity contribution < 1.29 is 0 Å². The molecule has 2 N–H and O–H groups in total. The van der Waals surface area contributed by atoms with Gasteiger partial charge < -0.3 is 15.5 Å². The molecule has 0 aromatic carbocycles. The van der Waals surface area contributed by atoms with Crippen LogP contribution in [0.1, 0.15) is 0 Å². The Morgan fingerprint density at radius 1 is 1.24 bits per heavy atom. The van der Waals surface area contributed by atoms with Gasteiger partial charge >= 0.3 is 0 Å². The lowest BCUT2D eigenvalue weighted by Gasteiger charge is -2.36. The Morgan fingerprint density at radius 3 is 2.47 bits per heavy atom.